The van der Waals surface area contributed by atoms with E-state index < -0.39 is 42.9 Å². The first kappa shape index (κ1) is 14.8. The molecule has 0 radical (unpaired) electrons. The Labute approximate surface area is 103 Å². The molecule has 1 aliphatic rings. The number of carboxylic acids is 1. The third kappa shape index (κ3) is 4.54. The van der Waals surface area contributed by atoms with E-state index in [9.17, 15) is 22.8 Å². The lowest BCUT2D eigenvalue weighted by atomic mass is 9.79. The van der Waals surface area contributed by atoms with Crippen molar-refractivity contribution >= 4 is 11.9 Å². The number of rotatable bonds is 4. The number of carbonyl (C=O) groups is 2. The highest BCUT2D eigenvalue weighted by atomic mass is 19.4. The van der Waals surface area contributed by atoms with Crippen LogP contribution in [0, 0.1) is 11.8 Å². The van der Waals surface area contributed by atoms with Crippen LogP contribution in [0.25, 0.3) is 0 Å². The van der Waals surface area contributed by atoms with Gasteiger partial charge in [0.2, 0.25) is 5.91 Å². The lowest BCUT2D eigenvalue weighted by molar-refractivity contribution is -0.150. The number of halogens is 3. The molecule has 1 amide bonds. The van der Waals surface area contributed by atoms with Crippen molar-refractivity contribution in [3.63, 3.8) is 0 Å². The van der Waals surface area contributed by atoms with Crippen LogP contribution in [0.5, 0.6) is 0 Å². The highest BCUT2D eigenvalue weighted by Gasteiger charge is 2.36. The van der Waals surface area contributed by atoms with E-state index in [0.29, 0.717) is 12.8 Å². The molecule has 0 saturated heterocycles. The fraction of sp³-hybridized carbons (Fsp3) is 0.818. The third-order valence-electron chi connectivity index (χ3n) is 3.13. The van der Waals surface area contributed by atoms with Gasteiger partial charge in [-0.15, -0.1) is 0 Å². The Kier molecular flexibility index (Phi) is 4.98. The summed E-state index contributed by atoms with van der Waals surface area (Å²) < 4.78 is 35.7. The minimum absolute atomic E-state index is 0.409. The number of aliphatic carboxylic acids is 1. The zero-order chi connectivity index (χ0) is 13.8. The van der Waals surface area contributed by atoms with E-state index in [4.69, 9.17) is 5.11 Å². The highest BCUT2D eigenvalue weighted by Crippen LogP contribution is 2.30. The van der Waals surface area contributed by atoms with Gasteiger partial charge in [0.15, 0.2) is 0 Å². The molecule has 104 valence electrons. The van der Waals surface area contributed by atoms with Crippen molar-refractivity contribution in [1.82, 2.24) is 5.32 Å². The largest absolute Gasteiger partial charge is 0.481 e. The molecular weight excluding hydrogens is 251 g/mol. The number of amides is 1. The minimum Gasteiger partial charge on any atom is -0.481 e. The van der Waals surface area contributed by atoms with E-state index in [1.807, 2.05) is 0 Å². The van der Waals surface area contributed by atoms with Crippen LogP contribution in [0.3, 0.4) is 0 Å². The van der Waals surface area contributed by atoms with Crippen molar-refractivity contribution in [2.45, 2.75) is 38.3 Å². The predicted octanol–water partition coefficient (Wildman–Crippen LogP) is 1.95. The summed E-state index contributed by atoms with van der Waals surface area (Å²) in [7, 11) is 0. The topological polar surface area (TPSA) is 66.4 Å². The van der Waals surface area contributed by atoms with Gasteiger partial charge < -0.3 is 10.4 Å². The molecule has 1 saturated carbocycles. The molecule has 0 aromatic heterocycles. The predicted molar refractivity (Wildman–Crippen MR) is 56.8 cm³/mol. The standard InChI is InChI=1S/C11H16F3NO3/c12-11(13,14)5-6-15-9(16)7-3-1-2-4-8(7)10(17)18/h7-8H,1-6H2,(H,15,16)(H,17,18)/t7-,8+/m1/s1. The molecule has 0 aliphatic heterocycles. The molecule has 2 N–H and O–H groups in total. The second-order valence-electron chi connectivity index (χ2n) is 4.49. The van der Waals surface area contributed by atoms with Crippen molar-refractivity contribution < 1.29 is 27.9 Å². The molecule has 1 fully saturated rings. The third-order valence-corrected chi connectivity index (χ3v) is 3.13. The van der Waals surface area contributed by atoms with E-state index in [-0.39, 0.29) is 0 Å². The van der Waals surface area contributed by atoms with E-state index in [1.54, 1.807) is 0 Å². The van der Waals surface area contributed by atoms with Crippen molar-refractivity contribution in [1.29, 1.82) is 0 Å². The first-order chi connectivity index (χ1) is 8.31. The second-order valence-corrected chi connectivity index (χ2v) is 4.49. The first-order valence-corrected chi connectivity index (χ1v) is 5.88. The molecule has 1 rings (SSSR count). The highest BCUT2D eigenvalue weighted by molar-refractivity contribution is 5.84. The Bertz CT molecular complexity index is 317. The van der Waals surface area contributed by atoms with Crippen LogP contribution in [0.4, 0.5) is 13.2 Å². The fourth-order valence-electron chi connectivity index (χ4n) is 2.20. The maximum atomic E-state index is 11.9. The molecule has 0 spiro atoms. The molecule has 0 unspecified atom stereocenters. The maximum absolute atomic E-state index is 11.9. The van der Waals surface area contributed by atoms with E-state index in [0.717, 1.165) is 12.8 Å². The van der Waals surface area contributed by atoms with Gasteiger partial charge in [-0.25, -0.2) is 0 Å². The summed E-state index contributed by atoms with van der Waals surface area (Å²) in [6.07, 6.45) is -3.10. The van der Waals surface area contributed by atoms with Crippen LogP contribution in [-0.2, 0) is 9.59 Å². The van der Waals surface area contributed by atoms with Crippen LogP contribution in [-0.4, -0.2) is 29.7 Å². The summed E-state index contributed by atoms with van der Waals surface area (Å²) in [5.74, 6) is -3.11. The van der Waals surface area contributed by atoms with Gasteiger partial charge in [0, 0.05) is 6.54 Å². The maximum Gasteiger partial charge on any atom is 0.390 e. The summed E-state index contributed by atoms with van der Waals surface area (Å²) in [5, 5.41) is 11.1. The zero-order valence-corrected chi connectivity index (χ0v) is 9.79. The monoisotopic (exact) mass is 267 g/mol. The number of nitrogens with one attached hydrogen (secondary N) is 1. The number of carboxylic acid groups (broad SMARTS) is 1. The van der Waals surface area contributed by atoms with Crippen molar-refractivity contribution in [2.24, 2.45) is 11.8 Å². The molecule has 2 atom stereocenters. The molecule has 4 nitrogen and oxygen atoms in total. The van der Waals surface area contributed by atoms with Gasteiger partial charge in [0.1, 0.15) is 0 Å². The van der Waals surface area contributed by atoms with E-state index in [1.165, 1.54) is 0 Å². The number of carbonyl (C=O) groups excluding carboxylic acids is 1. The SMILES string of the molecule is O=C(O)[C@H]1CCCC[C@H]1C(=O)NCCC(F)(F)F. The van der Waals surface area contributed by atoms with Crippen LogP contribution >= 0.6 is 0 Å². The smallest absolute Gasteiger partial charge is 0.390 e. The van der Waals surface area contributed by atoms with Crippen LogP contribution in [0.2, 0.25) is 0 Å². The van der Waals surface area contributed by atoms with Gasteiger partial charge in [0.05, 0.1) is 18.3 Å². The Morgan fingerprint density at radius 2 is 1.72 bits per heavy atom. The molecule has 0 bridgehead atoms. The van der Waals surface area contributed by atoms with Gasteiger partial charge in [-0.2, -0.15) is 13.2 Å². The normalized spacial score (nSPS) is 24.6. The molecule has 0 aromatic carbocycles. The average Bonchev–Trinajstić information content (AvgIpc) is 2.27. The quantitative estimate of drug-likeness (QED) is 0.818. The molecule has 1 aliphatic carbocycles. The lowest BCUT2D eigenvalue weighted by Gasteiger charge is -2.27. The average molecular weight is 267 g/mol. The number of hydrogen-bond acceptors (Lipinski definition) is 2. The molecule has 7 heteroatoms. The van der Waals surface area contributed by atoms with Gasteiger partial charge >= 0.3 is 12.1 Å². The Morgan fingerprint density at radius 3 is 2.22 bits per heavy atom. The Morgan fingerprint density at radius 1 is 1.17 bits per heavy atom. The minimum atomic E-state index is -4.31. The summed E-state index contributed by atoms with van der Waals surface area (Å²) in [5.41, 5.74) is 0. The Hall–Kier alpha value is -1.27. The zero-order valence-electron chi connectivity index (χ0n) is 9.79. The van der Waals surface area contributed by atoms with Gasteiger partial charge in [-0.05, 0) is 12.8 Å². The lowest BCUT2D eigenvalue weighted by Crippen LogP contribution is -2.40. The van der Waals surface area contributed by atoms with Gasteiger partial charge in [-0.1, -0.05) is 12.8 Å². The van der Waals surface area contributed by atoms with Crippen LogP contribution in [0.15, 0.2) is 0 Å². The first-order valence-electron chi connectivity index (χ1n) is 5.88. The second kappa shape index (κ2) is 6.06. The van der Waals surface area contributed by atoms with Crippen LogP contribution < -0.4 is 5.32 Å². The molecular formula is C11H16F3NO3. The molecule has 0 heterocycles. The summed E-state index contributed by atoms with van der Waals surface area (Å²) >= 11 is 0. The van der Waals surface area contributed by atoms with Crippen molar-refractivity contribution in [3.8, 4) is 0 Å². The fourth-order valence-corrected chi connectivity index (χ4v) is 2.20. The van der Waals surface area contributed by atoms with Gasteiger partial charge in [0.25, 0.3) is 0 Å². The van der Waals surface area contributed by atoms with E-state index in [2.05, 4.69) is 5.32 Å². The molecule has 0 aromatic rings. The Balaban J connectivity index is 2.46. The number of alkyl halides is 3. The summed E-state index contributed by atoms with van der Waals surface area (Å²) in [6, 6.07) is 0. The summed E-state index contributed by atoms with van der Waals surface area (Å²) in [4.78, 5) is 22.6. The van der Waals surface area contributed by atoms with Crippen molar-refractivity contribution in [2.75, 3.05) is 6.54 Å². The number of hydrogen-bond donors (Lipinski definition) is 2. The van der Waals surface area contributed by atoms with Crippen LogP contribution in [0.1, 0.15) is 32.1 Å². The van der Waals surface area contributed by atoms with Gasteiger partial charge in [-0.3, -0.25) is 9.59 Å². The van der Waals surface area contributed by atoms with Crippen molar-refractivity contribution in [3.05, 3.63) is 0 Å². The summed E-state index contributed by atoms with van der Waals surface area (Å²) in [6.45, 7) is -0.495. The van der Waals surface area contributed by atoms with E-state index >= 15 is 0 Å². The molecule has 18 heavy (non-hydrogen) atoms.